The first-order valence-electron chi connectivity index (χ1n) is 6.83. The number of carbonyl (C=O) groups excluding carboxylic acids is 1. The number of methoxy groups -OCH3 is 2. The molecule has 1 aliphatic heterocycles. The summed E-state index contributed by atoms with van der Waals surface area (Å²) in [5, 5.41) is 0. The number of nitrogens with two attached hydrogens (primary N) is 1. The van der Waals surface area contributed by atoms with Crippen LogP contribution in [-0.2, 0) is 4.74 Å². The fraction of sp³-hybridized carbons (Fsp3) is 0.533. The Morgan fingerprint density at radius 1 is 1.40 bits per heavy atom. The van der Waals surface area contributed by atoms with E-state index in [9.17, 15) is 4.79 Å². The van der Waals surface area contributed by atoms with Crippen LogP contribution in [0.2, 0.25) is 0 Å². The lowest BCUT2D eigenvalue weighted by atomic mass is 9.95. The van der Waals surface area contributed by atoms with Gasteiger partial charge in [-0.15, -0.1) is 0 Å². The maximum absolute atomic E-state index is 12.7. The van der Waals surface area contributed by atoms with Gasteiger partial charge in [0.25, 0.3) is 5.91 Å². The number of likely N-dealkylation sites (tertiary alicyclic amines) is 1. The van der Waals surface area contributed by atoms with Crippen LogP contribution >= 0.6 is 0 Å². The summed E-state index contributed by atoms with van der Waals surface area (Å²) in [4.78, 5) is 14.5. The quantitative estimate of drug-likeness (QED) is 0.856. The van der Waals surface area contributed by atoms with E-state index in [1.54, 1.807) is 37.3 Å². The summed E-state index contributed by atoms with van der Waals surface area (Å²) in [5.41, 5.74) is 6.83. The van der Waals surface area contributed by atoms with Gasteiger partial charge in [-0.1, -0.05) is 13.0 Å². The first-order chi connectivity index (χ1) is 9.58. The summed E-state index contributed by atoms with van der Waals surface area (Å²) in [6, 6.07) is 5.25. The average Bonchev–Trinajstić information content (AvgIpc) is 2.46. The molecule has 0 saturated carbocycles. The van der Waals surface area contributed by atoms with Gasteiger partial charge < -0.3 is 20.1 Å². The summed E-state index contributed by atoms with van der Waals surface area (Å²) in [6.07, 6.45) is 1.00. The summed E-state index contributed by atoms with van der Waals surface area (Å²) in [6.45, 7) is 3.46. The highest BCUT2D eigenvalue weighted by Crippen LogP contribution is 2.28. The van der Waals surface area contributed by atoms with E-state index in [0.717, 1.165) is 13.0 Å². The summed E-state index contributed by atoms with van der Waals surface area (Å²) < 4.78 is 10.7. The topological polar surface area (TPSA) is 64.8 Å². The van der Waals surface area contributed by atoms with Crippen LogP contribution in [-0.4, -0.2) is 44.2 Å². The molecule has 1 aromatic carbocycles. The van der Waals surface area contributed by atoms with Gasteiger partial charge in [-0.3, -0.25) is 4.79 Å². The van der Waals surface area contributed by atoms with Gasteiger partial charge in [-0.2, -0.15) is 0 Å². The lowest BCUT2D eigenvalue weighted by molar-refractivity contribution is -0.00162. The maximum Gasteiger partial charge on any atom is 0.259 e. The van der Waals surface area contributed by atoms with Gasteiger partial charge in [0, 0.05) is 25.9 Å². The number of nitrogen functional groups attached to an aromatic ring is 1. The summed E-state index contributed by atoms with van der Waals surface area (Å²) in [5.74, 6) is 0.885. The van der Waals surface area contributed by atoms with E-state index >= 15 is 0 Å². The lowest BCUT2D eigenvalue weighted by Crippen LogP contribution is -2.46. The molecule has 1 amide bonds. The van der Waals surface area contributed by atoms with Gasteiger partial charge in [-0.05, 0) is 24.5 Å². The normalized spacial score (nSPS) is 22.6. The fourth-order valence-electron chi connectivity index (χ4n) is 2.63. The number of amides is 1. The molecule has 0 aromatic heterocycles. The monoisotopic (exact) mass is 278 g/mol. The molecule has 2 rings (SSSR count). The van der Waals surface area contributed by atoms with Gasteiger partial charge in [0.05, 0.1) is 13.2 Å². The molecular formula is C15H22N2O3. The van der Waals surface area contributed by atoms with Gasteiger partial charge in [0.15, 0.2) is 0 Å². The van der Waals surface area contributed by atoms with Crippen molar-refractivity contribution in [2.75, 3.05) is 33.0 Å². The molecule has 1 saturated heterocycles. The van der Waals surface area contributed by atoms with Crippen molar-refractivity contribution in [2.24, 2.45) is 5.92 Å². The fourth-order valence-corrected chi connectivity index (χ4v) is 2.63. The van der Waals surface area contributed by atoms with Crippen LogP contribution in [0.1, 0.15) is 23.7 Å². The molecule has 2 N–H and O–H groups in total. The zero-order valence-electron chi connectivity index (χ0n) is 12.3. The molecule has 1 aromatic rings. The molecular weight excluding hydrogens is 256 g/mol. The molecule has 110 valence electrons. The molecule has 2 unspecified atom stereocenters. The second-order valence-electron chi connectivity index (χ2n) is 5.22. The zero-order valence-corrected chi connectivity index (χ0v) is 12.3. The van der Waals surface area contributed by atoms with Gasteiger partial charge in [0.1, 0.15) is 11.3 Å². The standard InChI is InChI=1S/C15H22N2O3/c1-10-7-8-17(9-13(10)20-3)15(18)14-11(16)5-4-6-12(14)19-2/h4-6,10,13H,7-9,16H2,1-3H3. The van der Waals surface area contributed by atoms with Crippen molar-refractivity contribution in [3.05, 3.63) is 23.8 Å². The molecule has 2 atom stereocenters. The van der Waals surface area contributed by atoms with Crippen LogP contribution in [0, 0.1) is 5.92 Å². The van der Waals surface area contributed by atoms with Gasteiger partial charge in [-0.25, -0.2) is 0 Å². The van der Waals surface area contributed by atoms with Crippen LogP contribution in [0.4, 0.5) is 5.69 Å². The van der Waals surface area contributed by atoms with Crippen LogP contribution < -0.4 is 10.5 Å². The van der Waals surface area contributed by atoms with E-state index in [0.29, 0.717) is 29.5 Å². The molecule has 20 heavy (non-hydrogen) atoms. The maximum atomic E-state index is 12.7. The Morgan fingerprint density at radius 2 is 2.15 bits per heavy atom. The average molecular weight is 278 g/mol. The number of hydrogen-bond donors (Lipinski definition) is 1. The summed E-state index contributed by atoms with van der Waals surface area (Å²) >= 11 is 0. The Balaban J connectivity index is 2.24. The van der Waals surface area contributed by atoms with Crippen molar-refractivity contribution in [1.29, 1.82) is 0 Å². The molecule has 1 fully saturated rings. The highest BCUT2D eigenvalue weighted by atomic mass is 16.5. The van der Waals surface area contributed by atoms with E-state index in [4.69, 9.17) is 15.2 Å². The second-order valence-corrected chi connectivity index (χ2v) is 5.22. The molecule has 1 aliphatic rings. The summed E-state index contributed by atoms with van der Waals surface area (Å²) in [7, 11) is 3.23. The van der Waals surface area contributed by atoms with Crippen LogP contribution in [0.15, 0.2) is 18.2 Å². The molecule has 5 heteroatoms. The SMILES string of the molecule is COc1cccc(N)c1C(=O)N1CCC(C)C(OC)C1. The largest absolute Gasteiger partial charge is 0.496 e. The first-order valence-corrected chi connectivity index (χ1v) is 6.83. The van der Waals surface area contributed by atoms with Crippen LogP contribution in [0.25, 0.3) is 0 Å². The number of nitrogens with zero attached hydrogens (tertiary/aromatic N) is 1. The van der Waals surface area contributed by atoms with E-state index in [-0.39, 0.29) is 12.0 Å². The van der Waals surface area contributed by atoms with Gasteiger partial charge in [0.2, 0.25) is 0 Å². The van der Waals surface area contributed by atoms with E-state index in [1.165, 1.54) is 0 Å². The van der Waals surface area contributed by atoms with E-state index in [1.807, 2.05) is 0 Å². The van der Waals surface area contributed by atoms with Crippen LogP contribution in [0.3, 0.4) is 0 Å². The van der Waals surface area contributed by atoms with E-state index < -0.39 is 0 Å². The minimum atomic E-state index is -0.0890. The third-order valence-corrected chi connectivity index (χ3v) is 3.97. The molecule has 0 aliphatic carbocycles. The first kappa shape index (κ1) is 14.7. The zero-order chi connectivity index (χ0) is 14.7. The Labute approximate surface area is 119 Å². The van der Waals surface area contributed by atoms with Crippen LogP contribution in [0.5, 0.6) is 5.75 Å². The highest BCUT2D eigenvalue weighted by Gasteiger charge is 2.31. The van der Waals surface area contributed by atoms with Crippen molar-refractivity contribution >= 4 is 11.6 Å². The molecule has 0 radical (unpaired) electrons. The second kappa shape index (κ2) is 6.13. The number of ether oxygens (including phenoxy) is 2. The lowest BCUT2D eigenvalue weighted by Gasteiger charge is -2.36. The number of benzene rings is 1. The van der Waals surface area contributed by atoms with Crippen molar-refractivity contribution in [3.8, 4) is 5.75 Å². The smallest absolute Gasteiger partial charge is 0.259 e. The number of anilines is 1. The Hall–Kier alpha value is -1.75. The predicted octanol–water partition coefficient (Wildman–Crippen LogP) is 1.77. The Kier molecular flexibility index (Phi) is 4.49. The number of hydrogen-bond acceptors (Lipinski definition) is 4. The van der Waals surface area contributed by atoms with Crippen molar-refractivity contribution in [3.63, 3.8) is 0 Å². The number of rotatable bonds is 3. The third-order valence-electron chi connectivity index (χ3n) is 3.97. The Bertz CT molecular complexity index is 490. The third kappa shape index (κ3) is 2.72. The predicted molar refractivity (Wildman–Crippen MR) is 77.9 cm³/mol. The minimum Gasteiger partial charge on any atom is -0.496 e. The number of carbonyl (C=O) groups is 1. The molecule has 5 nitrogen and oxygen atoms in total. The van der Waals surface area contributed by atoms with Crippen molar-refractivity contribution in [1.82, 2.24) is 4.90 Å². The van der Waals surface area contributed by atoms with Crippen molar-refractivity contribution < 1.29 is 14.3 Å². The molecule has 0 spiro atoms. The Morgan fingerprint density at radius 3 is 2.80 bits per heavy atom. The molecule has 0 bridgehead atoms. The van der Waals surface area contributed by atoms with Crippen molar-refractivity contribution in [2.45, 2.75) is 19.4 Å². The van der Waals surface area contributed by atoms with Gasteiger partial charge >= 0.3 is 0 Å². The molecule has 1 heterocycles. The van der Waals surface area contributed by atoms with E-state index in [2.05, 4.69) is 6.92 Å². The minimum absolute atomic E-state index is 0.0728. The number of piperidine rings is 1. The highest BCUT2D eigenvalue weighted by molar-refractivity contribution is 6.02.